The zero-order valence-electron chi connectivity index (χ0n) is 15.1. The number of anilines is 2. The number of ether oxygens (including phenoxy) is 1. The highest BCUT2D eigenvalue weighted by Gasteiger charge is 2.58. The summed E-state index contributed by atoms with van der Waals surface area (Å²) >= 11 is 0. The molecule has 2 rings (SSSR count). The van der Waals surface area contributed by atoms with Crippen LogP contribution in [0.25, 0.3) is 0 Å². The average molecular weight is 337 g/mol. The Hall–Kier alpha value is -1.66. The van der Waals surface area contributed by atoms with Gasteiger partial charge in [-0.1, -0.05) is 13.8 Å². The molecule has 1 aromatic carbocycles. The van der Waals surface area contributed by atoms with Crippen LogP contribution in [0.5, 0.6) is 0 Å². The molecule has 0 aliphatic heterocycles. The molecule has 1 aliphatic rings. The van der Waals surface area contributed by atoms with Crippen molar-refractivity contribution in [1.82, 2.24) is 4.90 Å². The van der Waals surface area contributed by atoms with Crippen molar-refractivity contribution in [1.29, 1.82) is 0 Å². The van der Waals surface area contributed by atoms with Gasteiger partial charge in [-0.15, -0.1) is 0 Å². The van der Waals surface area contributed by atoms with Crippen LogP contribution in [-0.4, -0.2) is 43.2 Å². The summed E-state index contributed by atoms with van der Waals surface area (Å²) in [4.78, 5) is 14.3. The average Bonchev–Trinajstić information content (AvgIpc) is 2.53. The highest BCUT2D eigenvalue weighted by atomic mass is 19.1. The van der Waals surface area contributed by atoms with Gasteiger partial charge in [0.15, 0.2) is 0 Å². The fourth-order valence-corrected chi connectivity index (χ4v) is 3.45. The Morgan fingerprint density at radius 3 is 2.71 bits per heavy atom. The van der Waals surface area contributed by atoms with Crippen LogP contribution in [0.2, 0.25) is 0 Å². The number of benzene rings is 1. The molecule has 3 N–H and O–H groups in total. The summed E-state index contributed by atoms with van der Waals surface area (Å²) < 4.78 is 19.3. The lowest BCUT2D eigenvalue weighted by Crippen LogP contribution is -2.68. The third-order valence-electron chi connectivity index (χ3n) is 5.72. The van der Waals surface area contributed by atoms with E-state index < -0.39 is 5.82 Å². The molecule has 2 atom stereocenters. The standard InChI is InChI=1S/C18H28FN3O2/c1-17(2)15(11-18(17,3)24-5)22(4)9-8-16(23)21-14-10-12(20)6-7-13(14)19/h6-7,10,15H,8-9,11,20H2,1-5H3,(H,21,23)/t15-,18-/m0/s1. The number of hydrogen-bond donors (Lipinski definition) is 2. The first-order chi connectivity index (χ1) is 11.1. The molecule has 5 nitrogen and oxygen atoms in total. The second kappa shape index (κ2) is 6.69. The maximum absolute atomic E-state index is 13.7. The van der Waals surface area contributed by atoms with E-state index in [4.69, 9.17) is 10.5 Å². The summed E-state index contributed by atoms with van der Waals surface area (Å²) in [5.74, 6) is -0.708. The van der Waals surface area contributed by atoms with Crippen molar-refractivity contribution in [3.05, 3.63) is 24.0 Å². The Labute approximate surface area is 143 Å². The van der Waals surface area contributed by atoms with Gasteiger partial charge in [-0.25, -0.2) is 4.39 Å². The van der Waals surface area contributed by atoms with Gasteiger partial charge in [0.2, 0.25) is 5.91 Å². The van der Waals surface area contributed by atoms with Crippen LogP contribution in [0.3, 0.4) is 0 Å². The molecule has 0 aromatic heterocycles. The Morgan fingerprint density at radius 1 is 1.46 bits per heavy atom. The van der Waals surface area contributed by atoms with E-state index in [9.17, 15) is 9.18 Å². The highest BCUT2D eigenvalue weighted by Crippen LogP contribution is 2.53. The summed E-state index contributed by atoms with van der Waals surface area (Å²) in [5.41, 5.74) is 6.03. The summed E-state index contributed by atoms with van der Waals surface area (Å²) in [7, 11) is 3.75. The molecule has 1 saturated carbocycles. The minimum atomic E-state index is -0.484. The maximum atomic E-state index is 13.7. The SMILES string of the molecule is CO[C@@]1(C)C[C@H](N(C)CCC(=O)Nc2cc(N)ccc2F)C1(C)C. The molecule has 0 spiro atoms. The number of nitrogens with one attached hydrogen (secondary N) is 1. The van der Waals surface area contributed by atoms with E-state index in [-0.39, 0.29) is 22.6 Å². The number of amides is 1. The van der Waals surface area contributed by atoms with Crippen LogP contribution < -0.4 is 11.1 Å². The predicted octanol–water partition coefficient (Wildman–Crippen LogP) is 2.87. The van der Waals surface area contributed by atoms with Crippen LogP contribution in [-0.2, 0) is 9.53 Å². The summed E-state index contributed by atoms with van der Waals surface area (Å²) in [6, 6.07) is 4.49. The first kappa shape index (κ1) is 18.7. The number of carbonyl (C=O) groups is 1. The Kier molecular flexibility index (Phi) is 5.20. The third-order valence-corrected chi connectivity index (χ3v) is 5.72. The molecule has 0 unspecified atom stereocenters. The molecule has 0 radical (unpaired) electrons. The van der Waals surface area contributed by atoms with Crippen LogP contribution in [0.1, 0.15) is 33.6 Å². The van der Waals surface area contributed by atoms with E-state index >= 15 is 0 Å². The first-order valence-corrected chi connectivity index (χ1v) is 8.21. The molecule has 1 aromatic rings. The lowest BCUT2D eigenvalue weighted by atomic mass is 9.55. The van der Waals surface area contributed by atoms with Gasteiger partial charge in [0.1, 0.15) is 5.82 Å². The van der Waals surface area contributed by atoms with Gasteiger partial charge in [-0.3, -0.25) is 4.79 Å². The predicted molar refractivity (Wildman–Crippen MR) is 94.3 cm³/mol. The first-order valence-electron chi connectivity index (χ1n) is 8.21. The van der Waals surface area contributed by atoms with E-state index in [1.807, 2.05) is 7.05 Å². The van der Waals surface area contributed by atoms with Gasteiger partial charge >= 0.3 is 0 Å². The van der Waals surface area contributed by atoms with Gasteiger partial charge < -0.3 is 20.7 Å². The largest absolute Gasteiger partial charge is 0.399 e. The van der Waals surface area contributed by atoms with Gasteiger partial charge in [0.05, 0.1) is 11.3 Å². The molecular weight excluding hydrogens is 309 g/mol. The number of rotatable bonds is 6. The molecule has 0 heterocycles. The summed E-state index contributed by atoms with van der Waals surface area (Å²) in [6.45, 7) is 7.09. The lowest BCUT2D eigenvalue weighted by molar-refractivity contribution is -0.205. The maximum Gasteiger partial charge on any atom is 0.225 e. The van der Waals surface area contributed by atoms with Crippen molar-refractivity contribution in [2.45, 2.75) is 45.3 Å². The summed E-state index contributed by atoms with van der Waals surface area (Å²) in [6.07, 6.45) is 1.22. The molecule has 1 aliphatic carbocycles. The minimum Gasteiger partial charge on any atom is -0.399 e. The topological polar surface area (TPSA) is 67.6 Å². The molecule has 6 heteroatoms. The van der Waals surface area contributed by atoms with Crippen LogP contribution in [0.15, 0.2) is 18.2 Å². The molecule has 24 heavy (non-hydrogen) atoms. The van der Waals surface area contributed by atoms with Gasteiger partial charge in [-0.2, -0.15) is 0 Å². The van der Waals surface area contributed by atoms with E-state index in [2.05, 4.69) is 31.0 Å². The third kappa shape index (κ3) is 3.39. The number of nitrogens with zero attached hydrogens (tertiary/aromatic N) is 1. The van der Waals surface area contributed by atoms with Crippen molar-refractivity contribution in [3.63, 3.8) is 0 Å². The lowest BCUT2D eigenvalue weighted by Gasteiger charge is -2.61. The number of hydrogen-bond acceptors (Lipinski definition) is 4. The molecule has 1 fully saturated rings. The van der Waals surface area contributed by atoms with E-state index in [0.29, 0.717) is 24.7 Å². The van der Waals surface area contributed by atoms with Crippen molar-refractivity contribution in [2.24, 2.45) is 5.41 Å². The van der Waals surface area contributed by atoms with Crippen molar-refractivity contribution >= 4 is 17.3 Å². The van der Waals surface area contributed by atoms with Gasteiger partial charge in [0, 0.05) is 37.2 Å². The van der Waals surface area contributed by atoms with Crippen molar-refractivity contribution < 1.29 is 13.9 Å². The van der Waals surface area contributed by atoms with E-state index in [1.54, 1.807) is 7.11 Å². The smallest absolute Gasteiger partial charge is 0.225 e. The zero-order valence-corrected chi connectivity index (χ0v) is 15.1. The number of halogens is 1. The molecule has 0 bridgehead atoms. The van der Waals surface area contributed by atoms with Crippen molar-refractivity contribution in [3.8, 4) is 0 Å². The zero-order chi connectivity index (χ0) is 18.1. The number of carbonyl (C=O) groups excluding carboxylic acids is 1. The quantitative estimate of drug-likeness (QED) is 0.783. The number of methoxy groups -OCH3 is 1. The van der Waals surface area contributed by atoms with Crippen LogP contribution >= 0.6 is 0 Å². The Bertz CT molecular complexity index is 620. The van der Waals surface area contributed by atoms with Crippen molar-refractivity contribution in [2.75, 3.05) is 31.8 Å². The molecular formula is C18H28FN3O2. The van der Waals surface area contributed by atoms with Crippen LogP contribution in [0.4, 0.5) is 15.8 Å². The fraction of sp³-hybridized carbons (Fsp3) is 0.611. The molecule has 1 amide bonds. The monoisotopic (exact) mass is 337 g/mol. The van der Waals surface area contributed by atoms with E-state index in [0.717, 1.165) is 6.42 Å². The van der Waals surface area contributed by atoms with Gasteiger partial charge in [-0.05, 0) is 38.6 Å². The molecule has 134 valence electrons. The normalized spacial score (nSPS) is 25.4. The second-order valence-electron chi connectivity index (χ2n) is 7.39. The summed E-state index contributed by atoms with van der Waals surface area (Å²) in [5, 5.41) is 2.58. The number of nitrogens with two attached hydrogens (primary N) is 1. The minimum absolute atomic E-state index is 0.00691. The fourth-order valence-electron chi connectivity index (χ4n) is 3.45. The number of nitrogen functional groups attached to an aromatic ring is 1. The Morgan fingerprint density at radius 2 is 2.12 bits per heavy atom. The van der Waals surface area contributed by atoms with E-state index in [1.165, 1.54) is 18.2 Å². The second-order valence-corrected chi connectivity index (χ2v) is 7.39. The van der Waals surface area contributed by atoms with Gasteiger partial charge in [0.25, 0.3) is 0 Å². The Balaban J connectivity index is 1.87. The van der Waals surface area contributed by atoms with Crippen LogP contribution in [0, 0.1) is 11.2 Å². The highest BCUT2D eigenvalue weighted by molar-refractivity contribution is 5.91. The molecule has 0 saturated heterocycles.